The van der Waals surface area contributed by atoms with Gasteiger partial charge in [-0.1, -0.05) is 82.3 Å². The summed E-state index contributed by atoms with van der Waals surface area (Å²) in [5, 5.41) is 1.48. The Morgan fingerprint density at radius 2 is 1.71 bits per heavy atom. The third kappa shape index (κ3) is 7.36. The van der Waals surface area contributed by atoms with Gasteiger partial charge in [0.25, 0.3) is 0 Å². The number of furan rings is 1. The standard InChI is InChI=1S/C23H25N2.C22H21N2O.Ir/c1-22(2,3)15-18-14-17-12-9-13-19-20(17)25(23(18,4)5)21(24-19)16-10-7-6-8-11-16;1-14-8-9-17-16-6-5-7-18(20(16)25-21(17)24-14)19-12-15(10-11-23-19)13-22(2,3)4;/h6-10,12-14H,15H2,1-5H3;5-6,8-12H,13H2,1-4H3;/q2*-1;/i;1D3,13D2;. The minimum Gasteiger partial charge on any atom is -0.486 e. The summed E-state index contributed by atoms with van der Waals surface area (Å²) in [6.45, 7) is 14.8. The van der Waals surface area contributed by atoms with Gasteiger partial charge in [0.05, 0.1) is 28.0 Å². The third-order valence-electron chi connectivity index (χ3n) is 8.89. The van der Waals surface area contributed by atoms with Crippen molar-refractivity contribution in [3.05, 3.63) is 120 Å². The van der Waals surface area contributed by atoms with Crippen LogP contribution in [0.1, 0.15) is 85.5 Å². The van der Waals surface area contributed by atoms with Crippen molar-refractivity contribution in [2.45, 2.75) is 80.6 Å². The van der Waals surface area contributed by atoms with E-state index in [4.69, 9.17) is 16.3 Å². The van der Waals surface area contributed by atoms with Crippen molar-refractivity contribution >= 4 is 39.2 Å². The number of rotatable bonds is 4. The summed E-state index contributed by atoms with van der Waals surface area (Å²) in [5.41, 5.74) is 7.91. The number of allylic oxidation sites excluding steroid dienone is 1. The summed E-state index contributed by atoms with van der Waals surface area (Å²) in [6, 6.07) is 31.2. The number of benzene rings is 3. The fraction of sp³-hybridized carbons (Fsp3) is 0.311. The molecular weight excluding hydrogens is 805 g/mol. The first-order valence-corrected chi connectivity index (χ1v) is 17.1. The number of imidazole rings is 1. The average molecular weight is 856 g/mol. The Morgan fingerprint density at radius 1 is 0.882 bits per heavy atom. The van der Waals surface area contributed by atoms with Crippen molar-refractivity contribution in [3.8, 4) is 22.6 Å². The largest absolute Gasteiger partial charge is 0.486 e. The predicted octanol–water partition coefficient (Wildman–Crippen LogP) is 11.8. The molecular formula is C45H46IrN4O-2. The van der Waals surface area contributed by atoms with Gasteiger partial charge in [0.15, 0.2) is 0 Å². The predicted molar refractivity (Wildman–Crippen MR) is 207 cm³/mol. The molecule has 5 nitrogen and oxygen atoms in total. The van der Waals surface area contributed by atoms with Crippen LogP contribution in [0.4, 0.5) is 0 Å². The fourth-order valence-corrected chi connectivity index (χ4v) is 6.76. The van der Waals surface area contributed by atoms with Crippen molar-refractivity contribution < 1.29 is 31.4 Å². The maximum Gasteiger partial charge on any atom is 0.216 e. The van der Waals surface area contributed by atoms with E-state index in [0.717, 1.165) is 28.7 Å². The maximum atomic E-state index is 8.55. The average Bonchev–Trinajstić information content (AvgIpc) is 3.70. The maximum absolute atomic E-state index is 8.55. The number of aromatic nitrogens is 4. The molecule has 0 bridgehead atoms. The molecule has 51 heavy (non-hydrogen) atoms. The quantitative estimate of drug-likeness (QED) is 0.166. The molecule has 0 spiro atoms. The van der Waals surface area contributed by atoms with Gasteiger partial charge in [0.1, 0.15) is 0 Å². The molecule has 6 heteroatoms. The van der Waals surface area contributed by atoms with Crippen LogP contribution in [0.2, 0.25) is 0 Å². The van der Waals surface area contributed by atoms with E-state index < -0.39 is 18.6 Å². The summed E-state index contributed by atoms with van der Waals surface area (Å²) in [5.74, 6) is 1.01. The van der Waals surface area contributed by atoms with E-state index in [1.807, 2.05) is 39.0 Å². The van der Waals surface area contributed by atoms with Crippen LogP contribution < -0.4 is 0 Å². The number of hydrogen-bond donors (Lipinski definition) is 0. The van der Waals surface area contributed by atoms with E-state index in [9.17, 15) is 0 Å². The second-order valence-electron chi connectivity index (χ2n) is 15.8. The van der Waals surface area contributed by atoms with E-state index in [1.165, 1.54) is 22.7 Å². The van der Waals surface area contributed by atoms with Gasteiger partial charge in [-0.05, 0) is 85.4 Å². The number of fused-ring (bicyclic) bond motifs is 3. The molecule has 4 aromatic heterocycles. The van der Waals surface area contributed by atoms with Crippen LogP contribution in [0.3, 0.4) is 0 Å². The molecule has 0 atom stereocenters. The molecule has 0 amide bonds. The first kappa shape index (κ1) is 30.3. The summed E-state index contributed by atoms with van der Waals surface area (Å²) in [7, 11) is 0. The Kier molecular flexibility index (Phi) is 8.09. The monoisotopic (exact) mass is 856 g/mol. The third-order valence-corrected chi connectivity index (χ3v) is 8.89. The summed E-state index contributed by atoms with van der Waals surface area (Å²) < 4.78 is 48.2. The molecule has 0 unspecified atom stereocenters. The minimum atomic E-state index is -2.32. The van der Waals surface area contributed by atoms with Crippen molar-refractivity contribution in [2.24, 2.45) is 10.8 Å². The van der Waals surface area contributed by atoms with Gasteiger partial charge in [-0.3, -0.25) is 4.98 Å². The van der Waals surface area contributed by atoms with Crippen LogP contribution in [0.5, 0.6) is 0 Å². The molecule has 0 saturated heterocycles. The molecule has 7 aromatic rings. The van der Waals surface area contributed by atoms with Crippen LogP contribution in [-0.2, 0) is 32.0 Å². The van der Waals surface area contributed by atoms with E-state index in [-0.39, 0.29) is 42.5 Å². The zero-order valence-corrected chi connectivity index (χ0v) is 32.8. The molecule has 5 heterocycles. The zero-order chi connectivity index (χ0) is 39.7. The van der Waals surface area contributed by atoms with E-state index >= 15 is 0 Å². The number of nitrogens with zero attached hydrogens (tertiary/aromatic N) is 4. The topological polar surface area (TPSA) is 56.7 Å². The first-order valence-electron chi connectivity index (χ1n) is 19.6. The smallest absolute Gasteiger partial charge is 0.216 e. The van der Waals surface area contributed by atoms with Gasteiger partial charge in [-0.2, -0.15) is 0 Å². The van der Waals surface area contributed by atoms with Crippen molar-refractivity contribution in [1.29, 1.82) is 0 Å². The molecule has 1 radical (unpaired) electrons. The Balaban J connectivity index is 0.000000189. The molecule has 1 aliphatic heterocycles. The summed E-state index contributed by atoms with van der Waals surface area (Å²) in [4.78, 5) is 13.6. The van der Waals surface area contributed by atoms with Gasteiger partial charge in [0.2, 0.25) is 5.71 Å². The van der Waals surface area contributed by atoms with E-state index in [2.05, 4.69) is 97.7 Å². The van der Waals surface area contributed by atoms with E-state index in [1.54, 1.807) is 30.5 Å². The second kappa shape index (κ2) is 13.6. The molecule has 3 aromatic carbocycles. The number of para-hydroxylation sites is 1. The van der Waals surface area contributed by atoms with E-state index in [0.29, 0.717) is 27.8 Å². The molecule has 0 fully saturated rings. The fourth-order valence-electron chi connectivity index (χ4n) is 6.76. The Hall–Kier alpha value is -4.38. The minimum absolute atomic E-state index is 0. The van der Waals surface area contributed by atoms with Crippen LogP contribution in [0, 0.1) is 29.8 Å². The van der Waals surface area contributed by atoms with Gasteiger partial charge < -0.3 is 14.0 Å². The number of aryl methyl sites for hydroxylation is 1. The van der Waals surface area contributed by atoms with Crippen LogP contribution >= 0.6 is 0 Å². The van der Waals surface area contributed by atoms with Crippen molar-refractivity contribution in [3.63, 3.8) is 0 Å². The summed E-state index contributed by atoms with van der Waals surface area (Å²) >= 11 is 0. The molecule has 0 aliphatic carbocycles. The van der Waals surface area contributed by atoms with Gasteiger partial charge in [0, 0.05) is 44.2 Å². The molecule has 1 aliphatic rings. The second-order valence-corrected chi connectivity index (χ2v) is 15.8. The molecule has 0 N–H and O–H groups in total. The van der Waals surface area contributed by atoms with Crippen LogP contribution in [0.15, 0.2) is 95.0 Å². The number of hydrogen-bond acceptors (Lipinski definition) is 4. The van der Waals surface area contributed by atoms with Gasteiger partial charge in [-0.25, -0.2) is 4.98 Å². The Labute approximate surface area is 322 Å². The Morgan fingerprint density at radius 3 is 2.43 bits per heavy atom. The zero-order valence-electron chi connectivity index (χ0n) is 35.4. The SMILES string of the molecule is CC(C)(C)CC1=Cc2cccc3nc(-c4[c-]cccc4)n(c23)C1(C)C.[2H]C([2H])([2H])c1ccc2c(n1)oc1c(-c3cc(C([2H])([2H])C(C)(C)C)ccn3)[c-]ccc12.[Ir]. The normalized spacial score (nSPS) is 15.8. The van der Waals surface area contributed by atoms with Crippen molar-refractivity contribution in [1.82, 2.24) is 19.5 Å². The van der Waals surface area contributed by atoms with Gasteiger partial charge >= 0.3 is 0 Å². The van der Waals surface area contributed by atoms with Crippen LogP contribution in [0.25, 0.3) is 61.8 Å². The van der Waals surface area contributed by atoms with Crippen molar-refractivity contribution in [2.75, 3.05) is 0 Å². The van der Waals surface area contributed by atoms with Gasteiger partial charge in [-0.15, -0.1) is 54.1 Å². The molecule has 0 saturated carbocycles. The molecule has 8 rings (SSSR count). The Bertz CT molecular complexity index is 2590. The first-order chi connectivity index (χ1) is 25.7. The van der Waals surface area contributed by atoms with Crippen LogP contribution in [-0.4, -0.2) is 19.5 Å². The molecule has 263 valence electrons. The number of pyridine rings is 2. The summed E-state index contributed by atoms with van der Waals surface area (Å²) in [6.07, 6.45) is 3.46.